The molecule has 2 rings (SSSR count). The van der Waals surface area contributed by atoms with Crippen LogP contribution < -0.4 is 11.1 Å². The summed E-state index contributed by atoms with van der Waals surface area (Å²) in [6.45, 7) is 2.48. The number of nitrogens with two attached hydrogens (primary N) is 1. The van der Waals surface area contributed by atoms with Crippen LogP contribution in [0, 0.1) is 0 Å². The van der Waals surface area contributed by atoms with Gasteiger partial charge in [-0.25, -0.2) is 0 Å². The average Bonchev–Trinajstić information content (AvgIpc) is 2.56. The van der Waals surface area contributed by atoms with Gasteiger partial charge in [-0.15, -0.1) is 0 Å². The molecule has 23 heavy (non-hydrogen) atoms. The van der Waals surface area contributed by atoms with Crippen molar-refractivity contribution in [3.8, 4) is 11.1 Å². The van der Waals surface area contributed by atoms with Crippen molar-refractivity contribution < 1.29 is 4.79 Å². The van der Waals surface area contributed by atoms with Crippen molar-refractivity contribution in [1.29, 1.82) is 0 Å². The Morgan fingerprint density at radius 2 is 1.74 bits per heavy atom. The molecule has 3 N–H and O–H groups in total. The van der Waals surface area contributed by atoms with E-state index in [0.29, 0.717) is 23.0 Å². The summed E-state index contributed by atoms with van der Waals surface area (Å²) < 4.78 is 0. The molecule has 1 amide bonds. The standard InChI is InChI=1S/C18H20Cl2N2O/c1-2-3-17(21)18(23)22-11-12-4-6-13(7-5-12)14-8-9-15(19)16(20)10-14/h4-10,17H,2-3,11,21H2,1H3,(H,22,23). The molecular weight excluding hydrogens is 331 g/mol. The van der Waals surface area contributed by atoms with Crippen LogP contribution in [0.3, 0.4) is 0 Å². The van der Waals surface area contributed by atoms with Gasteiger partial charge in [-0.2, -0.15) is 0 Å². The highest BCUT2D eigenvalue weighted by Gasteiger charge is 2.11. The first-order chi connectivity index (χ1) is 11.0. The van der Waals surface area contributed by atoms with Crippen molar-refractivity contribution >= 4 is 29.1 Å². The molecule has 0 aromatic heterocycles. The predicted octanol–water partition coefficient (Wildman–Crippen LogP) is 4.40. The maximum Gasteiger partial charge on any atom is 0.237 e. The van der Waals surface area contributed by atoms with Gasteiger partial charge in [0.1, 0.15) is 0 Å². The van der Waals surface area contributed by atoms with Crippen molar-refractivity contribution in [2.75, 3.05) is 0 Å². The number of carbonyl (C=O) groups is 1. The summed E-state index contributed by atoms with van der Waals surface area (Å²) in [7, 11) is 0. The van der Waals surface area contributed by atoms with Gasteiger partial charge < -0.3 is 11.1 Å². The molecule has 2 aromatic rings. The number of hydrogen-bond acceptors (Lipinski definition) is 2. The summed E-state index contributed by atoms with van der Waals surface area (Å²) in [5.41, 5.74) is 8.85. The van der Waals surface area contributed by atoms with Crippen molar-refractivity contribution in [2.24, 2.45) is 5.73 Å². The molecule has 0 bridgehead atoms. The Balaban J connectivity index is 1.99. The molecule has 3 nitrogen and oxygen atoms in total. The smallest absolute Gasteiger partial charge is 0.237 e. The van der Waals surface area contributed by atoms with Crippen LogP contribution in [0.4, 0.5) is 0 Å². The first-order valence-electron chi connectivity index (χ1n) is 7.59. The van der Waals surface area contributed by atoms with Crippen LogP contribution in [-0.2, 0) is 11.3 Å². The number of halogens is 2. The largest absolute Gasteiger partial charge is 0.351 e. The molecule has 0 aliphatic rings. The van der Waals surface area contributed by atoms with Crippen LogP contribution in [0.1, 0.15) is 25.3 Å². The SMILES string of the molecule is CCCC(N)C(=O)NCc1ccc(-c2ccc(Cl)c(Cl)c2)cc1. The van der Waals surface area contributed by atoms with E-state index >= 15 is 0 Å². The third kappa shape index (κ3) is 4.96. The molecule has 2 aromatic carbocycles. The molecule has 0 radical (unpaired) electrons. The van der Waals surface area contributed by atoms with Crippen LogP contribution >= 0.6 is 23.2 Å². The van der Waals surface area contributed by atoms with E-state index in [1.54, 1.807) is 6.07 Å². The van der Waals surface area contributed by atoms with Crippen molar-refractivity contribution in [1.82, 2.24) is 5.32 Å². The van der Waals surface area contributed by atoms with Crippen LogP contribution in [0.15, 0.2) is 42.5 Å². The average molecular weight is 351 g/mol. The minimum Gasteiger partial charge on any atom is -0.351 e. The summed E-state index contributed by atoms with van der Waals surface area (Å²) in [5, 5.41) is 3.93. The van der Waals surface area contributed by atoms with E-state index in [0.717, 1.165) is 23.1 Å². The number of nitrogens with one attached hydrogen (secondary N) is 1. The molecule has 0 heterocycles. The Bertz CT molecular complexity index is 671. The van der Waals surface area contributed by atoms with Crippen molar-refractivity contribution in [3.63, 3.8) is 0 Å². The first kappa shape index (κ1) is 17.8. The van der Waals surface area contributed by atoms with Crippen molar-refractivity contribution in [2.45, 2.75) is 32.4 Å². The highest BCUT2D eigenvalue weighted by atomic mass is 35.5. The molecule has 0 aliphatic heterocycles. The number of rotatable bonds is 6. The minimum absolute atomic E-state index is 0.111. The van der Waals surface area contributed by atoms with Gasteiger partial charge in [0, 0.05) is 6.54 Å². The predicted molar refractivity (Wildman–Crippen MR) is 96.6 cm³/mol. The Hall–Kier alpha value is -1.55. The van der Waals surface area contributed by atoms with E-state index in [1.165, 1.54) is 0 Å². The van der Waals surface area contributed by atoms with Gasteiger partial charge in [0.15, 0.2) is 0 Å². The number of benzene rings is 2. The highest BCUT2D eigenvalue weighted by molar-refractivity contribution is 6.42. The zero-order valence-electron chi connectivity index (χ0n) is 13.0. The van der Waals surface area contributed by atoms with E-state index in [1.807, 2.05) is 43.3 Å². The lowest BCUT2D eigenvalue weighted by atomic mass is 10.0. The maximum absolute atomic E-state index is 11.8. The first-order valence-corrected chi connectivity index (χ1v) is 8.34. The Morgan fingerprint density at radius 3 is 2.35 bits per heavy atom. The second-order valence-corrected chi connectivity index (χ2v) is 6.25. The van der Waals surface area contributed by atoms with Gasteiger partial charge in [-0.1, -0.05) is 66.9 Å². The zero-order valence-corrected chi connectivity index (χ0v) is 14.5. The Labute approximate surface area is 146 Å². The van der Waals surface area contributed by atoms with E-state index < -0.39 is 6.04 Å². The molecule has 1 unspecified atom stereocenters. The molecule has 0 saturated heterocycles. The van der Waals surface area contributed by atoms with Gasteiger partial charge in [0.2, 0.25) is 5.91 Å². The molecular formula is C18H20Cl2N2O. The van der Waals surface area contributed by atoms with Gasteiger partial charge >= 0.3 is 0 Å². The van der Waals surface area contributed by atoms with E-state index in [-0.39, 0.29) is 5.91 Å². The van der Waals surface area contributed by atoms with Crippen molar-refractivity contribution in [3.05, 3.63) is 58.1 Å². The monoisotopic (exact) mass is 350 g/mol. The number of hydrogen-bond donors (Lipinski definition) is 2. The molecule has 0 fully saturated rings. The van der Waals surface area contributed by atoms with Gasteiger partial charge in [-0.3, -0.25) is 4.79 Å². The van der Waals surface area contributed by atoms with Crippen LogP contribution in [0.25, 0.3) is 11.1 Å². The van der Waals surface area contributed by atoms with Gasteiger partial charge in [0.05, 0.1) is 16.1 Å². The lowest BCUT2D eigenvalue weighted by Crippen LogP contribution is -2.40. The minimum atomic E-state index is -0.435. The molecule has 1 atom stereocenters. The Morgan fingerprint density at radius 1 is 1.09 bits per heavy atom. The van der Waals surface area contributed by atoms with Crippen LogP contribution in [0.2, 0.25) is 10.0 Å². The van der Waals surface area contributed by atoms with E-state index in [9.17, 15) is 4.79 Å². The normalized spacial score (nSPS) is 12.0. The summed E-state index contributed by atoms with van der Waals surface area (Å²) in [5.74, 6) is -0.111. The second-order valence-electron chi connectivity index (χ2n) is 5.44. The summed E-state index contributed by atoms with van der Waals surface area (Å²) in [4.78, 5) is 11.8. The third-order valence-electron chi connectivity index (χ3n) is 3.61. The molecule has 122 valence electrons. The summed E-state index contributed by atoms with van der Waals surface area (Å²) in [6.07, 6.45) is 1.59. The molecule has 0 aliphatic carbocycles. The topological polar surface area (TPSA) is 55.1 Å². The zero-order chi connectivity index (χ0) is 16.8. The quantitative estimate of drug-likeness (QED) is 0.810. The second kappa shape index (κ2) is 8.34. The number of carbonyl (C=O) groups excluding carboxylic acids is 1. The van der Waals surface area contributed by atoms with Gasteiger partial charge in [0.25, 0.3) is 0 Å². The fraction of sp³-hybridized carbons (Fsp3) is 0.278. The van der Waals surface area contributed by atoms with E-state index in [2.05, 4.69) is 5.32 Å². The summed E-state index contributed by atoms with van der Waals surface area (Å²) >= 11 is 12.0. The molecule has 0 saturated carbocycles. The third-order valence-corrected chi connectivity index (χ3v) is 4.35. The molecule has 0 spiro atoms. The fourth-order valence-electron chi connectivity index (χ4n) is 2.25. The van der Waals surface area contributed by atoms with Crippen LogP contribution in [0.5, 0.6) is 0 Å². The lowest BCUT2D eigenvalue weighted by Gasteiger charge is -2.11. The highest BCUT2D eigenvalue weighted by Crippen LogP contribution is 2.28. The number of amides is 1. The lowest BCUT2D eigenvalue weighted by molar-refractivity contribution is -0.122. The Kier molecular flexibility index (Phi) is 6.46. The maximum atomic E-state index is 11.8. The van der Waals surface area contributed by atoms with E-state index in [4.69, 9.17) is 28.9 Å². The summed E-state index contributed by atoms with van der Waals surface area (Å²) in [6, 6.07) is 13.0. The van der Waals surface area contributed by atoms with Gasteiger partial charge in [-0.05, 0) is 35.2 Å². The van der Waals surface area contributed by atoms with Crippen LogP contribution in [-0.4, -0.2) is 11.9 Å². The fourth-order valence-corrected chi connectivity index (χ4v) is 2.55. The molecule has 5 heteroatoms.